The molecule has 0 bridgehead atoms. The van der Waals surface area contributed by atoms with Crippen LogP contribution in [0, 0.1) is 5.92 Å². The number of nitrogens with zero attached hydrogens (tertiary/aromatic N) is 4. The van der Waals surface area contributed by atoms with Gasteiger partial charge in [0.05, 0.1) is 10.2 Å². The molecule has 124 valence electrons. The molecule has 0 saturated carbocycles. The Morgan fingerprint density at radius 3 is 2.92 bits per heavy atom. The van der Waals surface area contributed by atoms with Crippen molar-refractivity contribution in [2.45, 2.75) is 19.4 Å². The van der Waals surface area contributed by atoms with E-state index in [1.165, 1.54) is 17.5 Å². The van der Waals surface area contributed by atoms with E-state index in [2.05, 4.69) is 43.4 Å². The SMILES string of the molecule is c1cnc(N2CCCC(CNCc3nc4ccccc4s3)C2)nc1. The van der Waals surface area contributed by atoms with Crippen molar-refractivity contribution >= 4 is 27.5 Å². The van der Waals surface area contributed by atoms with Gasteiger partial charge in [-0.1, -0.05) is 12.1 Å². The van der Waals surface area contributed by atoms with Gasteiger partial charge in [-0.05, 0) is 37.0 Å². The molecule has 1 aliphatic heterocycles. The van der Waals surface area contributed by atoms with Gasteiger partial charge in [0, 0.05) is 38.6 Å². The molecule has 2 aromatic heterocycles. The van der Waals surface area contributed by atoms with Gasteiger partial charge in [-0.15, -0.1) is 11.3 Å². The van der Waals surface area contributed by atoms with Crippen molar-refractivity contribution in [1.29, 1.82) is 0 Å². The summed E-state index contributed by atoms with van der Waals surface area (Å²) in [5, 5.41) is 4.75. The van der Waals surface area contributed by atoms with Crippen LogP contribution in [0.2, 0.25) is 0 Å². The molecule has 6 heteroatoms. The average molecular weight is 339 g/mol. The highest BCUT2D eigenvalue weighted by Gasteiger charge is 2.21. The number of hydrogen-bond acceptors (Lipinski definition) is 6. The van der Waals surface area contributed by atoms with Gasteiger partial charge in [0.1, 0.15) is 5.01 Å². The maximum Gasteiger partial charge on any atom is 0.225 e. The first-order valence-electron chi connectivity index (χ1n) is 8.45. The first kappa shape index (κ1) is 15.5. The zero-order valence-electron chi connectivity index (χ0n) is 13.6. The lowest BCUT2D eigenvalue weighted by Crippen LogP contribution is -2.40. The minimum atomic E-state index is 0.636. The van der Waals surface area contributed by atoms with Crippen LogP contribution in [-0.4, -0.2) is 34.6 Å². The summed E-state index contributed by atoms with van der Waals surface area (Å²) in [6, 6.07) is 10.2. The van der Waals surface area contributed by atoms with Crippen molar-refractivity contribution < 1.29 is 0 Å². The fourth-order valence-corrected chi connectivity index (χ4v) is 4.18. The minimum absolute atomic E-state index is 0.636. The number of hydrogen-bond donors (Lipinski definition) is 1. The molecule has 1 aliphatic rings. The van der Waals surface area contributed by atoms with E-state index in [0.29, 0.717) is 5.92 Å². The molecule has 0 radical (unpaired) electrons. The van der Waals surface area contributed by atoms with Crippen LogP contribution in [0.1, 0.15) is 17.8 Å². The van der Waals surface area contributed by atoms with Crippen LogP contribution in [0.3, 0.4) is 0 Å². The van der Waals surface area contributed by atoms with Gasteiger partial charge in [0.2, 0.25) is 5.95 Å². The molecule has 3 aromatic rings. The second-order valence-electron chi connectivity index (χ2n) is 6.21. The number of rotatable bonds is 5. The van der Waals surface area contributed by atoms with Crippen LogP contribution >= 0.6 is 11.3 Å². The molecule has 1 aromatic carbocycles. The van der Waals surface area contributed by atoms with E-state index in [4.69, 9.17) is 0 Å². The Bertz CT molecular complexity index is 755. The summed E-state index contributed by atoms with van der Waals surface area (Å²) < 4.78 is 1.26. The molecule has 1 unspecified atom stereocenters. The zero-order chi connectivity index (χ0) is 16.2. The van der Waals surface area contributed by atoms with Crippen LogP contribution in [0.5, 0.6) is 0 Å². The lowest BCUT2D eigenvalue weighted by Gasteiger charge is -2.32. The van der Waals surface area contributed by atoms with Gasteiger partial charge in [-0.2, -0.15) is 0 Å². The van der Waals surface area contributed by atoms with Crippen molar-refractivity contribution in [2.75, 3.05) is 24.5 Å². The van der Waals surface area contributed by atoms with Crippen LogP contribution in [0.25, 0.3) is 10.2 Å². The summed E-state index contributed by atoms with van der Waals surface area (Å²) in [6.45, 7) is 3.94. The first-order chi connectivity index (χ1) is 11.9. The Morgan fingerprint density at radius 2 is 2.04 bits per heavy atom. The van der Waals surface area contributed by atoms with Gasteiger partial charge in [0.25, 0.3) is 0 Å². The standard InChI is InChI=1S/C18H21N5S/c1-2-7-16-15(6-1)22-17(24-16)12-19-11-14-5-3-10-23(13-14)18-20-8-4-9-21-18/h1-2,4,6-9,14,19H,3,5,10-13H2. The van der Waals surface area contributed by atoms with Crippen LogP contribution in [0.15, 0.2) is 42.7 Å². The number of nitrogens with one attached hydrogen (secondary N) is 1. The Hall–Kier alpha value is -2.05. The minimum Gasteiger partial charge on any atom is -0.341 e. The maximum absolute atomic E-state index is 4.68. The normalized spacial score (nSPS) is 18.2. The second-order valence-corrected chi connectivity index (χ2v) is 7.32. The van der Waals surface area contributed by atoms with Crippen LogP contribution in [0.4, 0.5) is 5.95 Å². The molecule has 1 fully saturated rings. The predicted molar refractivity (Wildman–Crippen MR) is 98.3 cm³/mol. The fraction of sp³-hybridized carbons (Fsp3) is 0.389. The summed E-state index contributed by atoms with van der Waals surface area (Å²) >= 11 is 1.78. The van der Waals surface area contributed by atoms with E-state index in [1.807, 2.05) is 24.5 Å². The van der Waals surface area contributed by atoms with Gasteiger partial charge in [-0.25, -0.2) is 15.0 Å². The number of para-hydroxylation sites is 1. The van der Waals surface area contributed by atoms with E-state index < -0.39 is 0 Å². The molecule has 4 rings (SSSR count). The molecular formula is C18H21N5S. The molecular weight excluding hydrogens is 318 g/mol. The van der Waals surface area contributed by atoms with Crippen molar-refractivity contribution in [2.24, 2.45) is 5.92 Å². The molecule has 0 aliphatic carbocycles. The van der Waals surface area contributed by atoms with Crippen LogP contribution in [-0.2, 0) is 6.54 Å². The van der Waals surface area contributed by atoms with E-state index in [1.54, 1.807) is 11.3 Å². The van der Waals surface area contributed by atoms with Gasteiger partial charge in [-0.3, -0.25) is 0 Å². The summed E-state index contributed by atoms with van der Waals surface area (Å²) in [5.41, 5.74) is 1.10. The van der Waals surface area contributed by atoms with E-state index >= 15 is 0 Å². The molecule has 1 saturated heterocycles. The number of piperidine rings is 1. The lowest BCUT2D eigenvalue weighted by atomic mass is 9.98. The number of benzene rings is 1. The van der Waals surface area contributed by atoms with Crippen LogP contribution < -0.4 is 10.2 Å². The number of anilines is 1. The monoisotopic (exact) mass is 339 g/mol. The van der Waals surface area contributed by atoms with Crippen molar-refractivity contribution in [3.05, 3.63) is 47.7 Å². The Labute approximate surface area is 145 Å². The Kier molecular flexibility index (Phi) is 4.66. The molecule has 1 atom stereocenters. The Morgan fingerprint density at radius 1 is 1.17 bits per heavy atom. The van der Waals surface area contributed by atoms with Crippen molar-refractivity contribution in [1.82, 2.24) is 20.3 Å². The Balaban J connectivity index is 1.31. The van der Waals surface area contributed by atoms with Gasteiger partial charge in [0.15, 0.2) is 0 Å². The molecule has 5 nitrogen and oxygen atoms in total. The van der Waals surface area contributed by atoms with E-state index in [-0.39, 0.29) is 0 Å². The summed E-state index contributed by atoms with van der Waals surface area (Å²) in [4.78, 5) is 15.7. The number of thiazole rings is 1. The molecule has 24 heavy (non-hydrogen) atoms. The summed E-state index contributed by atoms with van der Waals surface area (Å²) in [5.74, 6) is 1.49. The van der Waals surface area contributed by atoms with Crippen molar-refractivity contribution in [3.8, 4) is 0 Å². The highest BCUT2D eigenvalue weighted by Crippen LogP contribution is 2.22. The maximum atomic E-state index is 4.68. The third-order valence-corrected chi connectivity index (χ3v) is 5.44. The highest BCUT2D eigenvalue weighted by atomic mass is 32.1. The third-order valence-electron chi connectivity index (χ3n) is 4.40. The van der Waals surface area contributed by atoms with E-state index in [9.17, 15) is 0 Å². The average Bonchev–Trinajstić information content (AvgIpc) is 3.05. The molecule has 3 heterocycles. The van der Waals surface area contributed by atoms with Gasteiger partial charge >= 0.3 is 0 Å². The van der Waals surface area contributed by atoms with E-state index in [0.717, 1.165) is 42.7 Å². The first-order valence-corrected chi connectivity index (χ1v) is 9.27. The molecule has 1 N–H and O–H groups in total. The quantitative estimate of drug-likeness (QED) is 0.774. The molecule has 0 spiro atoms. The topological polar surface area (TPSA) is 53.9 Å². The third kappa shape index (κ3) is 3.55. The zero-order valence-corrected chi connectivity index (χ0v) is 14.4. The largest absolute Gasteiger partial charge is 0.341 e. The van der Waals surface area contributed by atoms with Gasteiger partial charge < -0.3 is 10.2 Å². The predicted octanol–water partition coefficient (Wildman–Crippen LogP) is 3.09. The number of aromatic nitrogens is 3. The fourth-order valence-electron chi connectivity index (χ4n) is 3.25. The smallest absolute Gasteiger partial charge is 0.225 e. The highest BCUT2D eigenvalue weighted by molar-refractivity contribution is 7.18. The summed E-state index contributed by atoms with van der Waals surface area (Å²) in [6.07, 6.45) is 6.09. The molecule has 0 amide bonds. The second kappa shape index (κ2) is 7.23. The number of fused-ring (bicyclic) bond motifs is 1. The van der Waals surface area contributed by atoms with Crippen molar-refractivity contribution in [3.63, 3.8) is 0 Å². The lowest BCUT2D eigenvalue weighted by molar-refractivity contribution is 0.388. The summed E-state index contributed by atoms with van der Waals surface area (Å²) in [7, 11) is 0.